The Bertz CT molecular complexity index is 2060. The molecule has 5 rings (SSSR count). The number of rotatable bonds is 8. The number of allylic oxidation sites excluding steroid dienone is 1. The predicted octanol–water partition coefficient (Wildman–Crippen LogP) is 6.38. The molecule has 1 atom stereocenters. The number of esters is 1. The third-order valence-electron chi connectivity index (χ3n) is 6.62. The minimum Gasteiger partial charge on any atom is -0.481 e. The Balaban J connectivity index is 1.66. The molecule has 0 aliphatic carbocycles. The van der Waals surface area contributed by atoms with Crippen LogP contribution in [0.1, 0.15) is 29.7 Å². The summed E-state index contributed by atoms with van der Waals surface area (Å²) >= 11 is 9.85. The predicted molar refractivity (Wildman–Crippen MR) is 164 cm³/mol. The van der Waals surface area contributed by atoms with Crippen molar-refractivity contribution in [2.45, 2.75) is 25.7 Å². The minimum atomic E-state index is -5.09. The smallest absolute Gasteiger partial charge is 0.434 e. The molecule has 16 heteroatoms. The second-order valence-corrected chi connectivity index (χ2v) is 11.9. The zero-order valence-electron chi connectivity index (χ0n) is 23.3. The van der Waals surface area contributed by atoms with Crippen LogP contribution in [-0.4, -0.2) is 28.2 Å². The van der Waals surface area contributed by atoms with Crippen LogP contribution in [0.4, 0.5) is 23.2 Å². The first-order valence-corrected chi connectivity index (χ1v) is 15.2. The Kier molecular flexibility index (Phi) is 9.47. The van der Waals surface area contributed by atoms with Crippen LogP contribution in [0.15, 0.2) is 86.2 Å². The van der Waals surface area contributed by atoms with Crippen molar-refractivity contribution in [3.63, 3.8) is 0 Å². The van der Waals surface area contributed by atoms with Gasteiger partial charge in [-0.25, -0.2) is 14.2 Å². The molecule has 0 radical (unpaired) electrons. The van der Waals surface area contributed by atoms with Gasteiger partial charge in [0.15, 0.2) is 10.5 Å². The normalized spacial score (nSPS) is 14.9. The first kappa shape index (κ1) is 33.0. The number of fused-ring (bicyclic) bond motifs is 1. The fourth-order valence-electron chi connectivity index (χ4n) is 4.65. The summed E-state index contributed by atoms with van der Waals surface area (Å²) < 4.78 is 67.8. The van der Waals surface area contributed by atoms with E-state index in [1.807, 2.05) is 0 Å². The molecule has 0 amide bonds. The molecular formula is C30H19BrClF4N3O6S. The molecule has 0 N–H and O–H groups in total. The van der Waals surface area contributed by atoms with Gasteiger partial charge in [0.2, 0.25) is 5.75 Å². The molecule has 9 nitrogen and oxygen atoms in total. The van der Waals surface area contributed by atoms with Crippen LogP contribution < -0.4 is 19.6 Å². The Morgan fingerprint density at radius 1 is 1.17 bits per heavy atom. The van der Waals surface area contributed by atoms with Crippen molar-refractivity contribution in [2.24, 2.45) is 4.99 Å². The van der Waals surface area contributed by atoms with Crippen LogP contribution in [0.3, 0.4) is 0 Å². The summed E-state index contributed by atoms with van der Waals surface area (Å²) in [6.45, 7) is 1.07. The number of halogens is 6. The first-order valence-electron chi connectivity index (χ1n) is 13.2. The van der Waals surface area contributed by atoms with Gasteiger partial charge in [0.25, 0.3) is 5.56 Å². The van der Waals surface area contributed by atoms with E-state index in [1.54, 1.807) is 0 Å². The maximum Gasteiger partial charge on any atom is 0.434 e. The quantitative estimate of drug-likeness (QED) is 0.0897. The Morgan fingerprint density at radius 3 is 2.46 bits per heavy atom. The monoisotopic (exact) mass is 739 g/mol. The molecule has 238 valence electrons. The number of alkyl halides is 3. The number of benzene rings is 3. The number of hydrogen-bond acceptors (Lipinski definition) is 8. The van der Waals surface area contributed by atoms with Gasteiger partial charge in [-0.3, -0.25) is 19.5 Å². The van der Waals surface area contributed by atoms with Crippen LogP contribution in [0.5, 0.6) is 5.75 Å². The van der Waals surface area contributed by atoms with Gasteiger partial charge in [0.05, 0.1) is 32.2 Å². The molecule has 1 aliphatic heterocycles. The molecule has 0 spiro atoms. The topological polar surface area (TPSA) is 113 Å². The number of nitro benzene ring substituents is 1. The van der Waals surface area contributed by atoms with Crippen LogP contribution in [0, 0.1) is 15.9 Å². The Morgan fingerprint density at radius 2 is 1.85 bits per heavy atom. The maximum absolute atomic E-state index is 14.3. The zero-order valence-corrected chi connectivity index (χ0v) is 26.5. The molecule has 3 aromatic carbocycles. The number of ether oxygens (including phenoxy) is 2. The Hall–Kier alpha value is -4.34. The number of nitrogens with zero attached hydrogens (tertiary/aromatic N) is 3. The summed E-state index contributed by atoms with van der Waals surface area (Å²) in [5.41, 5.74) is -2.85. The Labute approximate surface area is 274 Å². The van der Waals surface area contributed by atoms with Gasteiger partial charge in [-0.15, -0.1) is 0 Å². The molecule has 4 aromatic rings. The van der Waals surface area contributed by atoms with E-state index in [-0.39, 0.29) is 48.9 Å². The van der Waals surface area contributed by atoms with E-state index in [9.17, 15) is 37.3 Å². The number of aromatic nitrogens is 1. The highest BCUT2D eigenvalue weighted by Gasteiger charge is 2.45. The number of hydrogen-bond donors (Lipinski definition) is 0. The van der Waals surface area contributed by atoms with Crippen molar-refractivity contribution in [3.8, 4) is 5.75 Å². The van der Waals surface area contributed by atoms with Crippen LogP contribution in [0.25, 0.3) is 6.08 Å². The SMILES string of the molecule is CCOC(=O)C1=C(C(F)(F)F)N=c2s/c(=C\c3cc(Br)c(OCc4ccc(F)cc4)c([N+](=O)[O-])c3)c(=O)n2[C@@H]1c1ccc(Cl)cc1. The fraction of sp³-hybridized carbons (Fsp3) is 0.167. The second-order valence-electron chi connectivity index (χ2n) is 9.64. The maximum atomic E-state index is 14.3. The molecule has 2 heterocycles. The van der Waals surface area contributed by atoms with Crippen molar-refractivity contribution >= 4 is 56.6 Å². The lowest BCUT2D eigenvalue weighted by Gasteiger charge is -2.26. The van der Waals surface area contributed by atoms with E-state index in [4.69, 9.17) is 21.1 Å². The number of thiazole rings is 1. The highest BCUT2D eigenvalue weighted by molar-refractivity contribution is 9.10. The van der Waals surface area contributed by atoms with E-state index in [0.29, 0.717) is 16.9 Å². The average molecular weight is 741 g/mol. The van der Waals surface area contributed by atoms with Crippen molar-refractivity contribution in [3.05, 3.63) is 134 Å². The highest BCUT2D eigenvalue weighted by atomic mass is 79.9. The van der Waals surface area contributed by atoms with Gasteiger partial charge < -0.3 is 9.47 Å². The summed E-state index contributed by atoms with van der Waals surface area (Å²) in [4.78, 5) is 41.4. The van der Waals surface area contributed by atoms with E-state index in [1.165, 1.54) is 67.6 Å². The van der Waals surface area contributed by atoms with Gasteiger partial charge in [0.1, 0.15) is 12.4 Å². The third-order valence-corrected chi connectivity index (χ3v) is 8.44. The molecular weight excluding hydrogens is 722 g/mol. The molecule has 0 fully saturated rings. The average Bonchev–Trinajstić information content (AvgIpc) is 3.30. The van der Waals surface area contributed by atoms with Crippen molar-refractivity contribution in [2.75, 3.05) is 6.61 Å². The zero-order chi connectivity index (χ0) is 33.3. The van der Waals surface area contributed by atoms with E-state index < -0.39 is 51.4 Å². The molecule has 0 unspecified atom stereocenters. The van der Waals surface area contributed by atoms with E-state index in [0.717, 1.165) is 10.6 Å². The van der Waals surface area contributed by atoms with Gasteiger partial charge >= 0.3 is 17.8 Å². The highest BCUT2D eigenvalue weighted by Crippen LogP contribution is 2.39. The van der Waals surface area contributed by atoms with E-state index in [2.05, 4.69) is 20.9 Å². The minimum absolute atomic E-state index is 0.118. The number of nitro groups is 1. The van der Waals surface area contributed by atoms with Crippen LogP contribution in [-0.2, 0) is 16.1 Å². The lowest BCUT2D eigenvalue weighted by Crippen LogP contribution is -2.41. The summed E-state index contributed by atoms with van der Waals surface area (Å²) in [6, 6.07) is 11.9. The number of carbonyl (C=O) groups excluding carboxylic acids is 1. The molecule has 0 bridgehead atoms. The third kappa shape index (κ3) is 6.76. The standard InChI is InChI=1S/C30H19BrClF4N3O6S/c1-2-44-28(41)23-24(17-5-7-18(32)8-6-17)38-27(40)22(46-29(38)37-26(23)30(34,35)36)13-16-11-20(31)25(21(12-16)39(42)43)45-14-15-3-9-19(33)10-4-15/h3-13,24H,2,14H2,1H3/b22-13-/t24-/m1/s1. The molecule has 0 saturated heterocycles. The van der Waals surface area contributed by atoms with Gasteiger partial charge in [-0.2, -0.15) is 13.2 Å². The van der Waals surface area contributed by atoms with E-state index >= 15 is 0 Å². The lowest BCUT2D eigenvalue weighted by atomic mass is 9.95. The van der Waals surface area contributed by atoms with Crippen molar-refractivity contribution in [1.29, 1.82) is 0 Å². The number of carbonyl (C=O) groups is 1. The van der Waals surface area contributed by atoms with Gasteiger partial charge in [-0.1, -0.05) is 47.2 Å². The second kappa shape index (κ2) is 13.2. The van der Waals surface area contributed by atoms with Gasteiger partial charge in [0, 0.05) is 11.1 Å². The summed E-state index contributed by atoms with van der Waals surface area (Å²) in [5, 5.41) is 12.2. The molecule has 46 heavy (non-hydrogen) atoms. The largest absolute Gasteiger partial charge is 0.481 e. The molecule has 1 aliphatic rings. The summed E-state index contributed by atoms with van der Waals surface area (Å²) in [7, 11) is 0. The first-order chi connectivity index (χ1) is 21.8. The fourth-order valence-corrected chi connectivity index (χ4v) is 6.36. The summed E-state index contributed by atoms with van der Waals surface area (Å²) in [5.74, 6) is -1.90. The van der Waals surface area contributed by atoms with Crippen molar-refractivity contribution < 1.29 is 36.8 Å². The van der Waals surface area contributed by atoms with Gasteiger partial charge in [-0.05, 0) is 76.0 Å². The summed E-state index contributed by atoms with van der Waals surface area (Å²) in [6.07, 6.45) is -3.83. The van der Waals surface area contributed by atoms with Crippen molar-refractivity contribution in [1.82, 2.24) is 4.57 Å². The molecule has 1 aromatic heterocycles. The molecule has 0 saturated carbocycles. The lowest BCUT2D eigenvalue weighted by molar-refractivity contribution is -0.386. The van der Waals surface area contributed by atoms with Crippen LogP contribution >= 0.6 is 38.9 Å². The van der Waals surface area contributed by atoms with Crippen LogP contribution in [0.2, 0.25) is 5.02 Å².